The zero-order valence-corrected chi connectivity index (χ0v) is 23.5. The number of nitrogens with zero attached hydrogens (tertiary/aromatic N) is 3. The van der Waals surface area contributed by atoms with E-state index < -0.39 is 5.97 Å². The van der Waals surface area contributed by atoms with E-state index in [2.05, 4.69) is 47.2 Å². The van der Waals surface area contributed by atoms with Crippen LogP contribution in [0.25, 0.3) is 6.08 Å². The van der Waals surface area contributed by atoms with Crippen LogP contribution < -0.4 is 4.90 Å². The number of benzene rings is 3. The van der Waals surface area contributed by atoms with Crippen LogP contribution >= 0.6 is 0 Å². The van der Waals surface area contributed by atoms with E-state index in [-0.39, 0.29) is 24.3 Å². The second-order valence-electron chi connectivity index (χ2n) is 9.78. The van der Waals surface area contributed by atoms with Crippen LogP contribution in [0.15, 0.2) is 114 Å². The van der Waals surface area contributed by atoms with Gasteiger partial charge in [0.25, 0.3) is 5.91 Å². The first-order valence-corrected chi connectivity index (χ1v) is 13.9. The molecule has 41 heavy (non-hydrogen) atoms. The molecular formula is C34H33N3O4. The molecule has 1 atom stereocenters. The van der Waals surface area contributed by atoms with E-state index in [0.717, 1.165) is 23.4 Å². The Bertz CT molecular complexity index is 1540. The van der Waals surface area contributed by atoms with E-state index in [9.17, 15) is 9.59 Å². The summed E-state index contributed by atoms with van der Waals surface area (Å²) in [5.74, 6) is -0.143. The average Bonchev–Trinajstić information content (AvgIpc) is 3.28. The number of rotatable bonds is 8. The number of hydrogen-bond donors (Lipinski definition) is 0. The molecule has 3 aromatic carbocycles. The fraction of sp³-hybridized carbons (Fsp3) is 0.206. The van der Waals surface area contributed by atoms with Crippen molar-refractivity contribution >= 4 is 41.0 Å². The van der Waals surface area contributed by atoms with E-state index in [0.29, 0.717) is 23.7 Å². The number of likely N-dealkylation sites (N-methyl/N-ethyl adjacent to an activating group) is 1. The molecule has 0 spiro atoms. The molecule has 0 radical (unpaired) electrons. The number of allylic oxidation sites excluding steroid dienone is 4. The second-order valence-corrected chi connectivity index (χ2v) is 9.78. The Hall–Kier alpha value is -4.91. The number of ether oxygens (including phenoxy) is 2. The summed E-state index contributed by atoms with van der Waals surface area (Å²) in [7, 11) is 0. The molecule has 1 aliphatic carbocycles. The maximum atomic E-state index is 13.2. The molecule has 1 unspecified atom stereocenters. The Kier molecular flexibility index (Phi) is 8.44. The van der Waals surface area contributed by atoms with E-state index in [4.69, 9.17) is 9.47 Å². The molecule has 3 aromatic rings. The van der Waals surface area contributed by atoms with Crippen LogP contribution in [0.4, 0.5) is 17.1 Å². The van der Waals surface area contributed by atoms with Crippen LogP contribution in [0.3, 0.4) is 0 Å². The van der Waals surface area contributed by atoms with Gasteiger partial charge in [-0.25, -0.2) is 4.79 Å². The lowest BCUT2D eigenvalue weighted by molar-refractivity contribution is -0.122. The molecule has 208 valence electrons. The summed E-state index contributed by atoms with van der Waals surface area (Å²) in [5, 5.41) is 0. The molecule has 1 fully saturated rings. The lowest BCUT2D eigenvalue weighted by Gasteiger charge is -2.30. The number of amidine groups is 1. The van der Waals surface area contributed by atoms with E-state index >= 15 is 0 Å². The SMILES string of the molecule is CCOC(=O)c1ccccc1N=C1O/C(=C/c2ccc(N(C3=CC=CC(C)C3)c3ccccc3)cc2)C(=O)N1CC. The van der Waals surface area contributed by atoms with Gasteiger partial charge in [0.15, 0.2) is 5.76 Å². The van der Waals surface area contributed by atoms with Gasteiger partial charge in [0.1, 0.15) is 0 Å². The van der Waals surface area contributed by atoms with Crippen molar-refractivity contribution in [2.45, 2.75) is 27.2 Å². The first kappa shape index (κ1) is 27.6. The third-order valence-corrected chi connectivity index (χ3v) is 6.83. The predicted octanol–water partition coefficient (Wildman–Crippen LogP) is 7.39. The molecular weight excluding hydrogens is 514 g/mol. The number of amides is 1. The number of anilines is 2. The highest BCUT2D eigenvalue weighted by molar-refractivity contribution is 6.12. The standard InChI is InChI=1S/C34H33N3O4/c1-4-36-32(38)31(41-34(36)35-30-17-10-9-16-29(30)33(39)40-5-2)23-25-18-20-27(21-19-25)37(26-13-7-6-8-14-26)28-15-11-12-24(3)22-28/h6-21,23-24H,4-5,22H2,1-3H3/b31-23+,35-34?. The van der Waals surface area contributed by atoms with Crippen molar-refractivity contribution in [1.82, 2.24) is 4.90 Å². The van der Waals surface area contributed by atoms with E-state index in [1.807, 2.05) is 49.4 Å². The maximum absolute atomic E-state index is 13.2. The fourth-order valence-corrected chi connectivity index (χ4v) is 4.84. The van der Waals surface area contributed by atoms with Gasteiger partial charge >= 0.3 is 12.0 Å². The molecule has 2 aliphatic rings. The summed E-state index contributed by atoms with van der Waals surface area (Å²) < 4.78 is 11.1. The lowest BCUT2D eigenvalue weighted by atomic mass is 9.98. The third-order valence-electron chi connectivity index (χ3n) is 6.83. The van der Waals surface area contributed by atoms with Gasteiger partial charge in [0.05, 0.1) is 17.9 Å². The molecule has 0 N–H and O–H groups in total. The van der Waals surface area contributed by atoms with E-state index in [1.165, 1.54) is 10.6 Å². The van der Waals surface area contributed by atoms with Crippen molar-refractivity contribution in [1.29, 1.82) is 0 Å². The van der Waals surface area contributed by atoms with Gasteiger partial charge in [-0.15, -0.1) is 0 Å². The van der Waals surface area contributed by atoms with Crippen molar-refractivity contribution in [3.8, 4) is 0 Å². The van der Waals surface area contributed by atoms with Gasteiger partial charge in [-0.05, 0) is 80.3 Å². The predicted molar refractivity (Wildman–Crippen MR) is 162 cm³/mol. The van der Waals surface area contributed by atoms with Crippen LogP contribution in [0.5, 0.6) is 0 Å². The number of para-hydroxylation sites is 2. The van der Waals surface area contributed by atoms with Crippen LogP contribution in [-0.2, 0) is 14.3 Å². The zero-order chi connectivity index (χ0) is 28.8. The molecule has 5 rings (SSSR count). The maximum Gasteiger partial charge on any atom is 0.340 e. The molecule has 0 bridgehead atoms. The number of esters is 1. The Morgan fingerprint density at radius 1 is 1.02 bits per heavy atom. The van der Waals surface area contributed by atoms with Gasteiger partial charge in [0, 0.05) is 23.6 Å². The minimum Gasteiger partial charge on any atom is -0.462 e. The van der Waals surface area contributed by atoms with Gasteiger partial charge in [-0.3, -0.25) is 9.69 Å². The van der Waals surface area contributed by atoms with Crippen LogP contribution in [-0.4, -0.2) is 35.9 Å². The van der Waals surface area contributed by atoms with Gasteiger partial charge in [-0.2, -0.15) is 4.99 Å². The largest absolute Gasteiger partial charge is 0.462 e. The van der Waals surface area contributed by atoms with Gasteiger partial charge < -0.3 is 14.4 Å². The first-order valence-electron chi connectivity index (χ1n) is 13.9. The van der Waals surface area contributed by atoms with Crippen molar-refractivity contribution in [3.63, 3.8) is 0 Å². The fourth-order valence-electron chi connectivity index (χ4n) is 4.84. The summed E-state index contributed by atoms with van der Waals surface area (Å²) >= 11 is 0. The topological polar surface area (TPSA) is 71.4 Å². The minimum absolute atomic E-state index is 0.124. The summed E-state index contributed by atoms with van der Waals surface area (Å²) in [6.07, 6.45) is 9.15. The Balaban J connectivity index is 1.43. The second kappa shape index (κ2) is 12.5. The Labute approximate surface area is 240 Å². The molecule has 1 amide bonds. The number of carbonyl (C=O) groups excluding carboxylic acids is 2. The highest BCUT2D eigenvalue weighted by Gasteiger charge is 2.34. The van der Waals surface area contributed by atoms with Gasteiger partial charge in [-0.1, -0.05) is 61.5 Å². The molecule has 0 saturated carbocycles. The Morgan fingerprint density at radius 3 is 2.44 bits per heavy atom. The molecule has 1 aliphatic heterocycles. The van der Waals surface area contributed by atoms with Crippen LogP contribution in [0.1, 0.15) is 43.1 Å². The normalized spacial score (nSPS) is 18.4. The van der Waals surface area contributed by atoms with Crippen LogP contribution in [0.2, 0.25) is 0 Å². The molecule has 7 heteroatoms. The molecule has 1 saturated heterocycles. The van der Waals surface area contributed by atoms with Crippen molar-refractivity contribution in [3.05, 3.63) is 120 Å². The molecule has 1 heterocycles. The van der Waals surface area contributed by atoms with Gasteiger partial charge in [0.2, 0.25) is 0 Å². The summed E-state index contributed by atoms with van der Waals surface area (Å²) in [6, 6.07) is 25.3. The highest BCUT2D eigenvalue weighted by Crippen LogP contribution is 2.35. The minimum atomic E-state index is -0.477. The molecule has 7 nitrogen and oxygen atoms in total. The highest BCUT2D eigenvalue weighted by atomic mass is 16.5. The van der Waals surface area contributed by atoms with E-state index in [1.54, 1.807) is 37.3 Å². The average molecular weight is 548 g/mol. The Morgan fingerprint density at radius 2 is 1.73 bits per heavy atom. The summed E-state index contributed by atoms with van der Waals surface area (Å²) in [5.41, 5.74) is 4.83. The number of carbonyl (C=O) groups is 2. The first-order chi connectivity index (χ1) is 20.0. The molecule has 0 aromatic heterocycles. The summed E-state index contributed by atoms with van der Waals surface area (Å²) in [4.78, 5) is 33.8. The van der Waals surface area contributed by atoms with Crippen molar-refractivity contribution in [2.24, 2.45) is 10.9 Å². The zero-order valence-electron chi connectivity index (χ0n) is 23.5. The van der Waals surface area contributed by atoms with Crippen LogP contribution in [0, 0.1) is 5.92 Å². The van der Waals surface area contributed by atoms with Crippen molar-refractivity contribution < 1.29 is 19.1 Å². The smallest absolute Gasteiger partial charge is 0.340 e. The summed E-state index contributed by atoms with van der Waals surface area (Å²) in [6.45, 7) is 6.43. The third kappa shape index (κ3) is 6.14. The number of hydrogen-bond acceptors (Lipinski definition) is 6. The number of aliphatic imine (C=N–C) groups is 1. The van der Waals surface area contributed by atoms with Crippen molar-refractivity contribution in [2.75, 3.05) is 18.1 Å². The quantitative estimate of drug-likeness (QED) is 0.217. The monoisotopic (exact) mass is 547 g/mol. The lowest BCUT2D eigenvalue weighted by Crippen LogP contribution is -2.29.